The maximum atomic E-state index is 13.5. The molecule has 0 heterocycles. The maximum absolute atomic E-state index is 13.5. The van der Waals surface area contributed by atoms with Gasteiger partial charge in [-0.25, -0.2) is 31.1 Å². The van der Waals surface area contributed by atoms with Crippen molar-refractivity contribution in [2.24, 2.45) is 0 Å². The predicted octanol–water partition coefficient (Wildman–Crippen LogP) is 2.39. The van der Waals surface area contributed by atoms with E-state index in [4.69, 9.17) is 5.11 Å². The van der Waals surface area contributed by atoms with Gasteiger partial charge in [-0.05, 0) is 6.07 Å². The molecule has 1 fully saturated rings. The summed E-state index contributed by atoms with van der Waals surface area (Å²) in [5.74, 6) is -15.2. The molecule has 0 saturated heterocycles. The molecule has 0 radical (unpaired) electrons. The zero-order valence-corrected chi connectivity index (χ0v) is 11.0. The van der Waals surface area contributed by atoms with E-state index in [0.29, 0.717) is 6.20 Å². The molecule has 0 bridgehead atoms. The number of alkyl halides is 2. The highest BCUT2D eigenvalue weighted by molar-refractivity contribution is 6.23. The van der Waals surface area contributed by atoms with E-state index in [2.05, 4.69) is 0 Å². The van der Waals surface area contributed by atoms with Gasteiger partial charge in [-0.15, -0.1) is 0 Å². The van der Waals surface area contributed by atoms with Crippen LogP contribution in [0.4, 0.5) is 26.3 Å². The second-order valence-corrected chi connectivity index (χ2v) is 4.72. The van der Waals surface area contributed by atoms with Crippen LogP contribution >= 0.6 is 0 Å². The van der Waals surface area contributed by atoms with E-state index in [9.17, 15) is 35.9 Å². The Bertz CT molecular complexity index is 731. The second kappa shape index (κ2) is 5.60. The lowest BCUT2D eigenvalue weighted by Crippen LogP contribution is -2.22. The lowest BCUT2D eigenvalue weighted by molar-refractivity contribution is -0.132. The van der Waals surface area contributed by atoms with Gasteiger partial charge in [0.15, 0.2) is 23.3 Å². The van der Waals surface area contributed by atoms with Gasteiger partial charge in [0.1, 0.15) is 5.57 Å². The molecular formula is C13H7F6NO3. The number of carboxylic acid groups (broad SMARTS) is 1. The summed E-state index contributed by atoms with van der Waals surface area (Å²) in [4.78, 5) is 22.8. The number of Topliss-reactive ketones (excluding diaryl/α,β-unsaturated/α-hetero) is 1. The summed E-state index contributed by atoms with van der Waals surface area (Å²) >= 11 is 0. The van der Waals surface area contributed by atoms with Crippen molar-refractivity contribution in [1.29, 1.82) is 0 Å². The molecule has 0 spiro atoms. The Labute approximate surface area is 124 Å². The molecule has 1 aromatic carbocycles. The van der Waals surface area contributed by atoms with E-state index in [1.54, 1.807) is 0 Å². The van der Waals surface area contributed by atoms with Crippen molar-refractivity contribution in [3.8, 4) is 0 Å². The summed E-state index contributed by atoms with van der Waals surface area (Å²) in [5, 5.41) is 10.8. The summed E-state index contributed by atoms with van der Waals surface area (Å²) in [5.41, 5.74) is -2.61. The third kappa shape index (κ3) is 3.15. The molecule has 1 aliphatic carbocycles. The van der Waals surface area contributed by atoms with E-state index in [0.717, 1.165) is 0 Å². The number of benzene rings is 1. The summed E-state index contributed by atoms with van der Waals surface area (Å²) < 4.78 is 77.8. The van der Waals surface area contributed by atoms with E-state index >= 15 is 0 Å². The fraction of sp³-hybridized carbons (Fsp3) is 0.231. The number of ketones is 1. The minimum Gasteiger partial charge on any atom is -0.477 e. The van der Waals surface area contributed by atoms with Crippen molar-refractivity contribution in [3.63, 3.8) is 0 Å². The Morgan fingerprint density at radius 1 is 1.17 bits per heavy atom. The van der Waals surface area contributed by atoms with Crippen molar-refractivity contribution in [2.45, 2.75) is 18.4 Å². The largest absolute Gasteiger partial charge is 0.477 e. The van der Waals surface area contributed by atoms with Crippen LogP contribution in [0.25, 0.3) is 0 Å². The topological polar surface area (TPSA) is 66.4 Å². The molecule has 2 N–H and O–H groups in total. The van der Waals surface area contributed by atoms with Crippen LogP contribution in [-0.2, 0) is 4.79 Å². The molecule has 1 unspecified atom stereocenters. The third-order valence-corrected chi connectivity index (χ3v) is 3.08. The molecule has 23 heavy (non-hydrogen) atoms. The summed E-state index contributed by atoms with van der Waals surface area (Å²) in [6.07, 6.45) is -0.215. The summed E-state index contributed by atoms with van der Waals surface area (Å²) in [6.45, 7) is 0. The lowest BCUT2D eigenvalue weighted by Gasteiger charge is -2.07. The van der Waals surface area contributed by atoms with Gasteiger partial charge >= 0.3 is 5.97 Å². The standard InChI is InChI=1S/C13H7F6NO3/c14-6-1-4(8(15)10(17)9(6)16)11(21)5(12(22)23)3-20-7-2-13(7,18)19/h1,3,7,20H,2H2,(H,22,23). The molecule has 0 aromatic heterocycles. The van der Waals surface area contributed by atoms with Crippen LogP contribution in [0.15, 0.2) is 17.8 Å². The van der Waals surface area contributed by atoms with Gasteiger partial charge in [-0.3, -0.25) is 4.79 Å². The Kier molecular flexibility index (Phi) is 4.10. The Balaban J connectivity index is 2.36. The number of nitrogens with one attached hydrogen (secondary N) is 1. The van der Waals surface area contributed by atoms with Crippen LogP contribution in [0.3, 0.4) is 0 Å². The monoisotopic (exact) mass is 339 g/mol. The molecule has 2 rings (SSSR count). The molecule has 124 valence electrons. The highest BCUT2D eigenvalue weighted by Gasteiger charge is 2.56. The smallest absolute Gasteiger partial charge is 0.341 e. The van der Waals surface area contributed by atoms with Crippen molar-refractivity contribution < 1.29 is 41.0 Å². The van der Waals surface area contributed by atoms with Crippen molar-refractivity contribution in [1.82, 2.24) is 5.32 Å². The first-order valence-electron chi connectivity index (χ1n) is 6.01. The minimum atomic E-state index is -3.08. The summed E-state index contributed by atoms with van der Waals surface area (Å²) in [7, 11) is 0. The number of aliphatic carboxylic acids is 1. The van der Waals surface area contributed by atoms with Crippen LogP contribution in [0.5, 0.6) is 0 Å². The van der Waals surface area contributed by atoms with E-state index in [1.807, 2.05) is 5.32 Å². The Hall–Kier alpha value is -2.52. The normalized spacial score (nSPS) is 19.4. The fourth-order valence-corrected chi connectivity index (χ4v) is 1.69. The molecule has 1 saturated carbocycles. The van der Waals surface area contributed by atoms with Crippen molar-refractivity contribution >= 4 is 11.8 Å². The molecule has 10 heteroatoms. The number of hydrogen-bond donors (Lipinski definition) is 2. The van der Waals surface area contributed by atoms with Gasteiger partial charge in [0, 0.05) is 12.6 Å². The van der Waals surface area contributed by atoms with Crippen molar-refractivity contribution in [3.05, 3.63) is 46.7 Å². The first-order chi connectivity index (χ1) is 10.6. The molecule has 4 nitrogen and oxygen atoms in total. The Morgan fingerprint density at radius 2 is 1.74 bits per heavy atom. The van der Waals surface area contributed by atoms with Gasteiger partial charge in [0.05, 0.1) is 11.6 Å². The third-order valence-electron chi connectivity index (χ3n) is 3.08. The molecule has 1 aromatic rings. The van der Waals surface area contributed by atoms with Gasteiger partial charge in [-0.1, -0.05) is 0 Å². The second-order valence-electron chi connectivity index (χ2n) is 4.72. The van der Waals surface area contributed by atoms with Gasteiger partial charge in [-0.2, -0.15) is 0 Å². The summed E-state index contributed by atoms with van der Waals surface area (Å²) in [6, 6.07) is -1.42. The molecule has 0 aliphatic heterocycles. The molecule has 1 aliphatic rings. The highest BCUT2D eigenvalue weighted by atomic mass is 19.3. The SMILES string of the molecule is O=C(O)C(=CNC1CC1(F)F)C(=O)c1cc(F)c(F)c(F)c1F. The van der Waals surface area contributed by atoms with E-state index < -0.39 is 64.5 Å². The van der Waals surface area contributed by atoms with Gasteiger partial charge < -0.3 is 10.4 Å². The van der Waals surface area contributed by atoms with Crippen molar-refractivity contribution in [2.75, 3.05) is 0 Å². The first kappa shape index (κ1) is 16.8. The van der Waals surface area contributed by atoms with Gasteiger partial charge in [0.25, 0.3) is 5.92 Å². The minimum absolute atomic E-state index is 0.0153. The number of carboxylic acids is 1. The van der Waals surface area contributed by atoms with E-state index in [-0.39, 0.29) is 6.07 Å². The molecule has 0 amide bonds. The average molecular weight is 339 g/mol. The average Bonchev–Trinajstić information content (AvgIpc) is 3.07. The first-order valence-corrected chi connectivity index (χ1v) is 6.01. The van der Waals surface area contributed by atoms with Crippen LogP contribution in [-0.4, -0.2) is 28.8 Å². The van der Waals surface area contributed by atoms with Crippen LogP contribution < -0.4 is 5.32 Å². The highest BCUT2D eigenvalue weighted by Crippen LogP contribution is 2.41. The zero-order valence-electron chi connectivity index (χ0n) is 11.0. The van der Waals surface area contributed by atoms with Crippen LogP contribution in [0, 0.1) is 23.3 Å². The number of carbonyl (C=O) groups is 2. The predicted molar refractivity (Wildman–Crippen MR) is 62.8 cm³/mol. The lowest BCUT2D eigenvalue weighted by atomic mass is 10.0. The number of hydrogen-bond acceptors (Lipinski definition) is 3. The van der Waals surface area contributed by atoms with E-state index in [1.165, 1.54) is 0 Å². The zero-order chi connectivity index (χ0) is 17.5. The number of carbonyl (C=O) groups excluding carboxylic acids is 1. The van der Waals surface area contributed by atoms with Crippen LogP contribution in [0.2, 0.25) is 0 Å². The maximum Gasteiger partial charge on any atom is 0.341 e. The molecular weight excluding hydrogens is 332 g/mol. The number of rotatable bonds is 5. The van der Waals surface area contributed by atoms with Crippen LogP contribution in [0.1, 0.15) is 16.8 Å². The quantitative estimate of drug-likeness (QED) is 0.164. The molecule has 1 atom stereocenters. The fourth-order valence-electron chi connectivity index (χ4n) is 1.69. The van der Waals surface area contributed by atoms with Gasteiger partial charge in [0.2, 0.25) is 5.78 Å². The Morgan fingerprint density at radius 3 is 2.22 bits per heavy atom. The number of halogens is 6.